The highest BCUT2D eigenvalue weighted by Gasteiger charge is 2.42. The van der Waals surface area contributed by atoms with Crippen LogP contribution in [0.25, 0.3) is 0 Å². The van der Waals surface area contributed by atoms with Crippen LogP contribution in [0.1, 0.15) is 53.6 Å². The number of carbonyl (C=O) groups is 3. The van der Waals surface area contributed by atoms with E-state index in [1.807, 2.05) is 37.3 Å². The maximum Gasteiger partial charge on any atom is 0.337 e. The monoisotopic (exact) mass is 585 g/mol. The molecule has 3 atom stereocenters. The van der Waals surface area contributed by atoms with Gasteiger partial charge in [0.25, 0.3) is 0 Å². The van der Waals surface area contributed by atoms with Crippen LogP contribution in [0.5, 0.6) is 11.5 Å². The van der Waals surface area contributed by atoms with Crippen LogP contribution < -0.4 is 20.1 Å². The third-order valence-electron chi connectivity index (χ3n) is 8.44. The third-order valence-corrected chi connectivity index (χ3v) is 8.44. The number of ketones is 1. The highest BCUT2D eigenvalue weighted by atomic mass is 16.5. The van der Waals surface area contributed by atoms with Gasteiger partial charge in [0, 0.05) is 24.7 Å². The number of para-hydroxylation sites is 1. The lowest BCUT2D eigenvalue weighted by Gasteiger charge is -2.36. The summed E-state index contributed by atoms with van der Waals surface area (Å²) in [6.45, 7) is 2.72. The second kappa shape index (κ2) is 13.7. The van der Waals surface area contributed by atoms with E-state index in [1.165, 1.54) is 27.1 Å². The molecule has 1 aliphatic carbocycles. The van der Waals surface area contributed by atoms with Gasteiger partial charge < -0.3 is 24.8 Å². The van der Waals surface area contributed by atoms with Crippen LogP contribution in [0, 0.1) is 12.8 Å². The molecule has 3 aromatic rings. The van der Waals surface area contributed by atoms with Gasteiger partial charge in [-0.25, -0.2) is 9.59 Å². The topological polar surface area (TPSA) is 106 Å². The molecule has 2 N–H and O–H groups in total. The number of methoxy groups -OCH3 is 2. The Morgan fingerprint density at radius 1 is 0.907 bits per heavy atom. The number of anilines is 2. The van der Waals surface area contributed by atoms with E-state index >= 15 is 0 Å². The number of esters is 1. The predicted molar refractivity (Wildman–Crippen MR) is 165 cm³/mol. The first-order chi connectivity index (χ1) is 20.9. The lowest BCUT2D eigenvalue weighted by molar-refractivity contribution is -0.135. The Morgan fingerprint density at radius 2 is 1.65 bits per heavy atom. The lowest BCUT2D eigenvalue weighted by atomic mass is 9.85. The normalized spacial score (nSPS) is 18.7. The molecule has 0 bridgehead atoms. The largest absolute Gasteiger partial charge is 0.495 e. The summed E-state index contributed by atoms with van der Waals surface area (Å²) in [6.07, 6.45) is 5.03. The summed E-state index contributed by atoms with van der Waals surface area (Å²) in [4.78, 5) is 40.7. The number of aryl methyl sites for hydroxylation is 1. The van der Waals surface area contributed by atoms with Crippen molar-refractivity contribution < 1.29 is 28.6 Å². The molecule has 1 saturated heterocycles. The number of fused-ring (bicyclic) bond motifs is 1. The number of Topliss-reactive ketones (excluding diaryl/α,β-unsaturated/α-hetero) is 1. The molecule has 2 fully saturated rings. The molecule has 226 valence electrons. The smallest absolute Gasteiger partial charge is 0.337 e. The van der Waals surface area contributed by atoms with Crippen molar-refractivity contribution in [1.82, 2.24) is 4.90 Å². The fourth-order valence-electron chi connectivity index (χ4n) is 6.19. The molecule has 3 unspecified atom stereocenters. The lowest BCUT2D eigenvalue weighted by Crippen LogP contribution is -2.50. The average molecular weight is 586 g/mol. The number of urea groups is 1. The van der Waals surface area contributed by atoms with E-state index in [0.717, 1.165) is 36.9 Å². The van der Waals surface area contributed by atoms with E-state index in [0.29, 0.717) is 40.4 Å². The van der Waals surface area contributed by atoms with Gasteiger partial charge >= 0.3 is 12.0 Å². The van der Waals surface area contributed by atoms with Gasteiger partial charge in [-0.15, -0.1) is 0 Å². The summed E-state index contributed by atoms with van der Waals surface area (Å²) < 4.78 is 16.8. The van der Waals surface area contributed by atoms with Crippen molar-refractivity contribution in [2.75, 3.05) is 31.4 Å². The second-order valence-electron chi connectivity index (χ2n) is 11.2. The van der Waals surface area contributed by atoms with Crippen LogP contribution in [0.15, 0.2) is 66.7 Å². The van der Waals surface area contributed by atoms with Crippen LogP contribution in [0.4, 0.5) is 16.2 Å². The first-order valence-electron chi connectivity index (χ1n) is 14.8. The average Bonchev–Trinajstić information content (AvgIpc) is 3.45. The van der Waals surface area contributed by atoms with Crippen LogP contribution in [0.3, 0.4) is 0 Å². The van der Waals surface area contributed by atoms with Crippen molar-refractivity contribution in [3.8, 4) is 11.5 Å². The number of ether oxygens (including phenoxy) is 3. The Hall–Kier alpha value is -4.37. The Bertz CT molecular complexity index is 1460. The van der Waals surface area contributed by atoms with Crippen molar-refractivity contribution in [3.63, 3.8) is 0 Å². The Kier molecular flexibility index (Phi) is 9.61. The van der Waals surface area contributed by atoms with Crippen molar-refractivity contribution in [2.24, 2.45) is 5.92 Å². The molecular formula is C34H39N3O6. The molecule has 1 aliphatic heterocycles. The van der Waals surface area contributed by atoms with E-state index in [1.54, 1.807) is 36.4 Å². The molecule has 2 aliphatic rings. The number of likely N-dealkylation sites (tertiary alicyclic amines) is 1. The zero-order valence-corrected chi connectivity index (χ0v) is 24.9. The first kappa shape index (κ1) is 30.1. The van der Waals surface area contributed by atoms with Crippen molar-refractivity contribution in [1.29, 1.82) is 0 Å². The summed E-state index contributed by atoms with van der Waals surface area (Å²) in [6, 6.07) is 19.5. The summed E-state index contributed by atoms with van der Waals surface area (Å²) in [5, 5.41) is 5.69. The number of carbonyl (C=O) groups excluding carboxylic acids is 3. The molecule has 9 nitrogen and oxygen atoms in total. The number of rotatable bonds is 10. The van der Waals surface area contributed by atoms with E-state index in [4.69, 9.17) is 14.2 Å². The Balaban J connectivity index is 1.32. The van der Waals surface area contributed by atoms with Gasteiger partial charge in [-0.2, -0.15) is 0 Å². The van der Waals surface area contributed by atoms with Crippen LogP contribution in [-0.2, 0) is 16.0 Å². The van der Waals surface area contributed by atoms with E-state index in [-0.39, 0.29) is 18.2 Å². The fraction of sp³-hybridized carbons (Fsp3) is 0.382. The van der Waals surface area contributed by atoms with Gasteiger partial charge in [0.1, 0.15) is 11.5 Å². The van der Waals surface area contributed by atoms with Crippen LogP contribution in [-0.4, -0.2) is 55.7 Å². The summed E-state index contributed by atoms with van der Waals surface area (Å²) >= 11 is 0. The predicted octanol–water partition coefficient (Wildman–Crippen LogP) is 6.22. The minimum Gasteiger partial charge on any atom is -0.495 e. The minimum absolute atomic E-state index is 0.0664. The third kappa shape index (κ3) is 7.17. The fourth-order valence-corrected chi connectivity index (χ4v) is 6.19. The molecule has 1 saturated carbocycles. The van der Waals surface area contributed by atoms with Gasteiger partial charge in [-0.05, 0) is 85.7 Å². The maximum atomic E-state index is 13.9. The van der Waals surface area contributed by atoms with Crippen molar-refractivity contribution >= 4 is 29.2 Å². The Morgan fingerprint density at radius 3 is 2.40 bits per heavy atom. The van der Waals surface area contributed by atoms with Gasteiger partial charge in [0.05, 0.1) is 25.5 Å². The zero-order valence-electron chi connectivity index (χ0n) is 24.9. The van der Waals surface area contributed by atoms with Crippen LogP contribution in [0.2, 0.25) is 0 Å². The van der Waals surface area contributed by atoms with Crippen LogP contribution >= 0.6 is 0 Å². The molecule has 2 amide bonds. The second-order valence-corrected chi connectivity index (χ2v) is 11.2. The SMILES string of the molecule is COC(=O)c1ccc(OC(C(=O)Cc2ccc(NC(=O)Nc3ccccc3C)c(OC)c2)N2CCC3CCCCC32)cc1. The van der Waals surface area contributed by atoms with Gasteiger partial charge in [0.2, 0.25) is 6.23 Å². The van der Waals surface area contributed by atoms with Gasteiger partial charge in [0.15, 0.2) is 5.78 Å². The summed E-state index contributed by atoms with van der Waals surface area (Å²) in [5.41, 5.74) is 3.33. The van der Waals surface area contributed by atoms with Gasteiger partial charge in [-0.1, -0.05) is 37.1 Å². The van der Waals surface area contributed by atoms with E-state index in [2.05, 4.69) is 15.5 Å². The van der Waals surface area contributed by atoms with E-state index in [9.17, 15) is 14.4 Å². The number of hydrogen-bond acceptors (Lipinski definition) is 7. The number of amides is 2. The minimum atomic E-state index is -0.763. The van der Waals surface area contributed by atoms with Gasteiger partial charge in [-0.3, -0.25) is 9.69 Å². The number of nitrogens with one attached hydrogen (secondary N) is 2. The molecule has 3 aromatic carbocycles. The highest BCUT2D eigenvalue weighted by Crippen LogP contribution is 2.38. The summed E-state index contributed by atoms with van der Waals surface area (Å²) in [5.74, 6) is 1.05. The first-order valence-corrected chi connectivity index (χ1v) is 14.8. The van der Waals surface area contributed by atoms with E-state index < -0.39 is 12.2 Å². The number of benzene rings is 3. The number of nitrogens with zero attached hydrogens (tertiary/aromatic N) is 1. The molecule has 43 heavy (non-hydrogen) atoms. The highest BCUT2D eigenvalue weighted by molar-refractivity contribution is 6.01. The molecule has 1 heterocycles. The number of hydrogen-bond donors (Lipinski definition) is 2. The maximum absolute atomic E-state index is 13.9. The zero-order chi connectivity index (χ0) is 30.3. The molecular weight excluding hydrogens is 546 g/mol. The quantitative estimate of drug-likeness (QED) is 0.272. The molecule has 9 heteroatoms. The molecule has 0 spiro atoms. The Labute approximate surface area is 252 Å². The standard InChI is InChI=1S/C34H39N3O6/c1-22-8-4-6-10-27(22)35-34(40)36-28-17-12-23(21-31(28)41-2)20-30(38)32(37-19-18-24-9-5-7-11-29(24)37)43-26-15-13-25(14-16-26)33(39)42-3/h4,6,8,10,12-17,21,24,29,32H,5,7,9,11,18-20H2,1-3H3,(H2,35,36,40). The molecule has 0 aromatic heterocycles. The summed E-state index contributed by atoms with van der Waals surface area (Å²) in [7, 11) is 2.87. The molecule has 0 radical (unpaired) electrons. The molecule has 5 rings (SSSR count). The van der Waals surface area contributed by atoms with Crippen molar-refractivity contribution in [2.45, 2.75) is 57.7 Å². The van der Waals surface area contributed by atoms with Crippen molar-refractivity contribution in [3.05, 3.63) is 83.4 Å².